The van der Waals surface area contributed by atoms with E-state index in [2.05, 4.69) is 40.4 Å². The van der Waals surface area contributed by atoms with E-state index < -0.39 is 83.1 Å². The van der Waals surface area contributed by atoms with Crippen LogP contribution in [-0.2, 0) is 76.8 Å². The van der Waals surface area contributed by atoms with Gasteiger partial charge in [-0.05, 0) is 129 Å². The van der Waals surface area contributed by atoms with E-state index in [-0.39, 0.29) is 113 Å². The number of methoxy groups -OCH3 is 1. The summed E-state index contributed by atoms with van der Waals surface area (Å²) in [5.74, 6) is -6.39. The number of aliphatic carboxylic acids is 2. The summed E-state index contributed by atoms with van der Waals surface area (Å²) >= 11 is 6.38. The number of urea groups is 1. The Hall–Kier alpha value is -7.85. The number of ether oxygens (including phenoxy) is 4. The highest BCUT2D eigenvalue weighted by atomic mass is 35.5. The number of amides is 6. The molecule has 0 aliphatic carbocycles. The number of hydrogen-bond acceptors (Lipinski definition) is 14. The van der Waals surface area contributed by atoms with Crippen molar-refractivity contribution in [2.24, 2.45) is 40.7 Å². The van der Waals surface area contributed by atoms with Gasteiger partial charge in [0.15, 0.2) is 11.9 Å². The predicted octanol–water partition coefficient (Wildman–Crippen LogP) is 7.95. The van der Waals surface area contributed by atoms with Gasteiger partial charge in [-0.15, -0.1) is 0 Å². The lowest BCUT2D eigenvalue weighted by atomic mass is 9.87. The normalized spacial score (nSPS) is 15.9. The number of carboxylic acid groups (broad SMARTS) is 2. The highest BCUT2D eigenvalue weighted by molar-refractivity contribution is 6.32. The average Bonchev–Trinajstić information content (AvgIpc) is 1.88. The number of benzene rings is 3. The van der Waals surface area contributed by atoms with Crippen LogP contribution in [0.5, 0.6) is 5.75 Å². The maximum absolute atomic E-state index is 13.7. The number of rotatable bonds is 38. The van der Waals surface area contributed by atoms with Gasteiger partial charge in [0.1, 0.15) is 24.5 Å². The van der Waals surface area contributed by atoms with Crippen LogP contribution >= 0.6 is 11.6 Å². The fourth-order valence-electron chi connectivity index (χ4n) is 9.45. The van der Waals surface area contributed by atoms with E-state index in [1.807, 2.05) is 38.1 Å². The fraction of sp³-hybridized carbons (Fsp3) is 0.531. The molecule has 4 rings (SSSR count). The number of Topliss-reactive ketones (excluding diaryl/α,β-unsaturated/α-hetero) is 1. The minimum atomic E-state index is -1.34. The Bertz CT molecular complexity index is 2880. The Morgan fingerprint density at radius 2 is 1.47 bits per heavy atom. The number of allylic oxidation sites excluding steroid dienone is 1. The van der Waals surface area contributed by atoms with E-state index in [0.29, 0.717) is 46.8 Å². The molecular weight excluding hydrogens is 1140 g/mol. The zero-order valence-electron chi connectivity index (χ0n) is 51.2. The number of halogens is 1. The molecule has 0 spiro atoms. The molecule has 23 heteroatoms. The molecule has 22 nitrogen and oxygen atoms in total. The molecule has 0 bridgehead atoms. The number of aryl methyl sites for hydroxylation is 1. The number of ketones is 1. The van der Waals surface area contributed by atoms with Gasteiger partial charge in [0.05, 0.1) is 29.7 Å². The number of epoxide rings is 1. The van der Waals surface area contributed by atoms with Crippen molar-refractivity contribution in [2.45, 2.75) is 163 Å². The number of nitrogens with two attached hydrogens (primary N) is 1. The molecule has 3 aromatic carbocycles. The maximum Gasteiger partial charge on any atom is 0.345 e. The van der Waals surface area contributed by atoms with E-state index in [0.717, 1.165) is 11.1 Å². The van der Waals surface area contributed by atoms with Gasteiger partial charge in [-0.2, -0.15) is 0 Å². The molecule has 8 atom stereocenters. The van der Waals surface area contributed by atoms with E-state index in [1.165, 1.54) is 27.0 Å². The molecule has 1 aliphatic rings. The van der Waals surface area contributed by atoms with Crippen molar-refractivity contribution in [1.29, 1.82) is 0 Å². The van der Waals surface area contributed by atoms with Crippen molar-refractivity contribution in [2.75, 3.05) is 25.5 Å². The van der Waals surface area contributed by atoms with E-state index in [4.69, 9.17) is 41.4 Å². The number of carbonyl (C=O) groups excluding carboxylic acids is 8. The van der Waals surface area contributed by atoms with Gasteiger partial charge in [-0.3, -0.25) is 38.4 Å². The highest BCUT2D eigenvalue weighted by Gasteiger charge is 2.45. The SMILES string of the molecule is COc1ccc(C[C@@H](NC(=O)/C=C/CC(C)[C@H](C)[C@@H]2O[C@H]2c2ccc(CCC(=O)OCc3ccc(NC(=O)[C@H](CCCNC(N)=O)CC(=O)[C@@H](NC(=O)CCCC(=O)O)C(C)C)cc3)cc2)C(=O)NCC(C)(C)C(=O)O[C@@H](CC(C)C)C(=O)O)cc1Cl. The monoisotopic (exact) mass is 1230 g/mol. The van der Waals surface area contributed by atoms with Gasteiger partial charge >= 0.3 is 29.9 Å². The number of anilines is 1. The molecule has 1 unspecified atom stereocenters. The second kappa shape index (κ2) is 35.1. The Kier molecular flexibility index (Phi) is 28.9. The molecule has 3 aromatic rings. The summed E-state index contributed by atoms with van der Waals surface area (Å²) in [6.07, 6.45) is 3.11. The summed E-state index contributed by atoms with van der Waals surface area (Å²) in [7, 11) is 1.48. The molecular formula is C64H87ClN6O16. The van der Waals surface area contributed by atoms with Crippen LogP contribution in [0, 0.1) is 35.0 Å². The van der Waals surface area contributed by atoms with Crippen LogP contribution in [0.4, 0.5) is 10.5 Å². The quantitative estimate of drug-likeness (QED) is 0.0117. The molecule has 87 heavy (non-hydrogen) atoms. The molecule has 1 fully saturated rings. The summed E-state index contributed by atoms with van der Waals surface area (Å²) in [6, 6.07) is 16.9. The van der Waals surface area contributed by atoms with E-state index in [9.17, 15) is 53.1 Å². The minimum absolute atomic E-state index is 0.00422. The summed E-state index contributed by atoms with van der Waals surface area (Å²) < 4.78 is 22.3. The van der Waals surface area contributed by atoms with Crippen LogP contribution in [0.25, 0.3) is 0 Å². The Morgan fingerprint density at radius 1 is 0.805 bits per heavy atom. The fourth-order valence-corrected chi connectivity index (χ4v) is 9.73. The predicted molar refractivity (Wildman–Crippen MR) is 325 cm³/mol. The third-order valence-corrected chi connectivity index (χ3v) is 15.3. The summed E-state index contributed by atoms with van der Waals surface area (Å²) in [4.78, 5) is 127. The van der Waals surface area contributed by atoms with Crippen molar-refractivity contribution in [3.8, 4) is 5.75 Å². The third kappa shape index (κ3) is 25.2. The summed E-state index contributed by atoms with van der Waals surface area (Å²) in [6.45, 7) is 14.3. The van der Waals surface area contributed by atoms with Crippen LogP contribution in [0.2, 0.25) is 5.02 Å². The Labute approximate surface area is 514 Å². The first-order chi connectivity index (χ1) is 41.1. The molecule has 9 N–H and O–H groups in total. The van der Waals surface area contributed by atoms with Crippen molar-refractivity contribution < 1.29 is 77.1 Å². The lowest BCUT2D eigenvalue weighted by molar-refractivity contribution is -0.171. The lowest BCUT2D eigenvalue weighted by Crippen LogP contribution is -2.51. The molecule has 476 valence electrons. The number of nitrogens with one attached hydrogen (secondary N) is 5. The van der Waals surface area contributed by atoms with Gasteiger partial charge in [0.2, 0.25) is 23.6 Å². The Balaban J connectivity index is 1.24. The molecule has 0 radical (unpaired) electrons. The average molecular weight is 1230 g/mol. The highest BCUT2D eigenvalue weighted by Crippen LogP contribution is 2.46. The molecule has 0 aromatic heterocycles. The van der Waals surface area contributed by atoms with Gasteiger partial charge in [0.25, 0.3) is 0 Å². The summed E-state index contributed by atoms with van der Waals surface area (Å²) in [5.41, 5.74) is 7.56. The van der Waals surface area contributed by atoms with Crippen molar-refractivity contribution in [3.63, 3.8) is 0 Å². The standard InChI is InChI=1S/C64H87ClN6O16/c1-37(2)31-51(61(80)81)86-62(82)64(7,8)36-68-60(79)48(33-43-22-28-50(84-9)47(65)32-43)70-52(73)15-10-13-39(5)40(6)57-58(87-57)44-24-18-41(19-25-44)23-29-55(77)85-35-42-20-26-46(27-21-42)69-59(78)45(14-12-30-67-63(66)83)34-49(72)56(38(3)4)71-53(74)16-11-17-54(75)76/h10,15,18-22,24-28,32,37-40,45,48,51,56-58H,11-14,16-17,23,29-31,33-36H2,1-9H3,(H,68,79)(H,69,78)(H,70,73)(H,71,74)(H,75,76)(H,80,81)(H3,66,67,83)/b15-10+/t39?,40-,45+,48+,51-,56-,57-,58-/m0/s1. The van der Waals surface area contributed by atoms with Gasteiger partial charge in [-0.25, -0.2) is 9.59 Å². The smallest absolute Gasteiger partial charge is 0.345 e. The number of primary amides is 1. The number of esters is 2. The lowest BCUT2D eigenvalue weighted by Gasteiger charge is -2.27. The maximum atomic E-state index is 13.7. The largest absolute Gasteiger partial charge is 0.495 e. The van der Waals surface area contributed by atoms with Crippen LogP contribution < -0.4 is 37.1 Å². The van der Waals surface area contributed by atoms with Crippen LogP contribution in [0.3, 0.4) is 0 Å². The van der Waals surface area contributed by atoms with Crippen LogP contribution in [0.1, 0.15) is 142 Å². The molecule has 1 saturated heterocycles. The van der Waals surface area contributed by atoms with Crippen LogP contribution in [0.15, 0.2) is 78.9 Å². The zero-order chi connectivity index (χ0) is 64.5. The third-order valence-electron chi connectivity index (χ3n) is 15.0. The summed E-state index contributed by atoms with van der Waals surface area (Å²) in [5, 5.41) is 32.3. The molecule has 1 aliphatic heterocycles. The minimum Gasteiger partial charge on any atom is -0.495 e. The zero-order valence-corrected chi connectivity index (χ0v) is 52.0. The molecule has 1 heterocycles. The van der Waals surface area contributed by atoms with Crippen LogP contribution in [-0.4, -0.2) is 114 Å². The van der Waals surface area contributed by atoms with Crippen molar-refractivity contribution in [3.05, 3.63) is 106 Å². The number of carbonyl (C=O) groups is 10. The van der Waals surface area contributed by atoms with E-state index >= 15 is 0 Å². The van der Waals surface area contributed by atoms with Gasteiger partial charge in [-0.1, -0.05) is 102 Å². The van der Waals surface area contributed by atoms with E-state index in [1.54, 1.807) is 62.4 Å². The topological polar surface area (TPSA) is 338 Å². The van der Waals surface area contributed by atoms with Crippen molar-refractivity contribution in [1.82, 2.24) is 21.3 Å². The van der Waals surface area contributed by atoms with Gasteiger partial charge in [0, 0.05) is 56.8 Å². The number of carboxylic acids is 2. The number of hydrogen-bond donors (Lipinski definition) is 8. The molecule has 0 saturated carbocycles. The second-order valence-electron chi connectivity index (χ2n) is 23.6. The first-order valence-electron chi connectivity index (χ1n) is 29.4. The van der Waals surface area contributed by atoms with Gasteiger partial charge < -0.3 is 61.5 Å². The second-order valence-corrected chi connectivity index (χ2v) is 24.0. The first kappa shape index (κ1) is 71.6. The Morgan fingerprint density at radius 3 is 2.08 bits per heavy atom. The first-order valence-corrected chi connectivity index (χ1v) is 29.8. The molecule has 6 amide bonds. The van der Waals surface area contributed by atoms with Crippen molar-refractivity contribution >= 4 is 76.6 Å².